The summed E-state index contributed by atoms with van der Waals surface area (Å²) in [5.74, 6) is 1.33. The number of halogens is 1. The van der Waals surface area contributed by atoms with Crippen LogP contribution in [0.3, 0.4) is 0 Å². The first-order valence-corrected chi connectivity index (χ1v) is 18.9. The molecule has 0 unspecified atom stereocenters. The van der Waals surface area contributed by atoms with Gasteiger partial charge < -0.3 is 28.8 Å². The maximum atomic E-state index is 11.6. The molecule has 1 saturated heterocycles. The summed E-state index contributed by atoms with van der Waals surface area (Å²) in [6.07, 6.45) is 4.27. The van der Waals surface area contributed by atoms with E-state index in [-0.39, 0.29) is 5.04 Å². The van der Waals surface area contributed by atoms with Gasteiger partial charge in [-0.15, -0.1) is 0 Å². The van der Waals surface area contributed by atoms with Gasteiger partial charge in [-0.2, -0.15) is 5.26 Å². The molecule has 241 valence electrons. The highest BCUT2D eigenvalue weighted by Gasteiger charge is 2.44. The summed E-state index contributed by atoms with van der Waals surface area (Å²) in [5.41, 5.74) is 4.80. The second-order valence-electron chi connectivity index (χ2n) is 13.9. The summed E-state index contributed by atoms with van der Waals surface area (Å²) < 4.78 is 18.0. The van der Waals surface area contributed by atoms with E-state index >= 15 is 0 Å². The van der Waals surface area contributed by atoms with Crippen molar-refractivity contribution in [3.63, 3.8) is 0 Å². The number of carbonyl (C=O) groups excluding carboxylic acids is 1. The molecule has 1 aromatic heterocycles. The van der Waals surface area contributed by atoms with E-state index in [0.29, 0.717) is 52.7 Å². The monoisotopic (exact) mass is 658 g/mol. The standard InChI is InChI=1S/C34H42BClN5O4Si/c1-33(2,3)46(6,7)45-20-34(4)19-41(35-21-42)31-24(18-37)14-23(15-26(31)34)28-8-11-38-32(39-28)40-29-17-27(36)25(16-30(29)43-5)22-9-12-44-13-10-22/h8,11,14-17,21-22H,9-10,12-13,19-20H2,1-7H3,(H,38,39,40)/t34-/m1/s1. The minimum atomic E-state index is -2.07. The van der Waals surface area contributed by atoms with Crippen molar-refractivity contribution in [2.75, 3.05) is 43.6 Å². The average molecular weight is 659 g/mol. The maximum Gasteiger partial charge on any atom is 0.329 e. The van der Waals surface area contributed by atoms with Crippen molar-refractivity contribution < 1.29 is 18.7 Å². The quantitative estimate of drug-likeness (QED) is 0.178. The van der Waals surface area contributed by atoms with Crippen LogP contribution in [0.15, 0.2) is 36.5 Å². The first-order valence-electron chi connectivity index (χ1n) is 15.6. The molecule has 12 heteroatoms. The highest BCUT2D eigenvalue weighted by molar-refractivity contribution is 6.74. The molecule has 0 aliphatic carbocycles. The molecular formula is C34H42BClN5O4Si. The molecule has 0 saturated carbocycles. The van der Waals surface area contributed by atoms with Crippen LogP contribution >= 0.6 is 11.6 Å². The third kappa shape index (κ3) is 6.81. The molecule has 2 aliphatic heterocycles. The molecule has 1 atom stereocenters. The number of hydrogen-bond acceptors (Lipinski definition) is 9. The van der Waals surface area contributed by atoms with Gasteiger partial charge in [0.15, 0.2) is 8.32 Å². The Labute approximate surface area is 279 Å². The Kier molecular flexibility index (Phi) is 9.85. The number of fused-ring (bicyclic) bond motifs is 1. The van der Waals surface area contributed by atoms with Gasteiger partial charge in [-0.1, -0.05) is 39.3 Å². The maximum absolute atomic E-state index is 11.6. The molecule has 0 amide bonds. The van der Waals surface area contributed by atoms with Crippen LogP contribution in [-0.2, 0) is 19.4 Å². The Morgan fingerprint density at radius 1 is 1.26 bits per heavy atom. The van der Waals surface area contributed by atoms with Crippen LogP contribution in [-0.4, -0.2) is 65.4 Å². The zero-order chi connectivity index (χ0) is 33.3. The fraction of sp³-hybridized carbons (Fsp3) is 0.471. The molecule has 2 aliphatic rings. The van der Waals surface area contributed by atoms with E-state index in [0.717, 1.165) is 54.6 Å². The van der Waals surface area contributed by atoms with E-state index in [9.17, 15) is 10.1 Å². The van der Waals surface area contributed by atoms with Crippen LogP contribution in [0.4, 0.5) is 17.3 Å². The lowest BCUT2D eigenvalue weighted by atomic mass is 9.83. The number of benzene rings is 2. The summed E-state index contributed by atoms with van der Waals surface area (Å²) in [6.45, 7) is 15.7. The average Bonchev–Trinajstić information content (AvgIpc) is 3.31. The van der Waals surface area contributed by atoms with Crippen molar-refractivity contribution in [3.05, 3.63) is 58.2 Å². The minimum absolute atomic E-state index is 0.0431. The molecule has 46 heavy (non-hydrogen) atoms. The highest BCUT2D eigenvalue weighted by Crippen LogP contribution is 2.46. The van der Waals surface area contributed by atoms with Crippen LogP contribution in [0.2, 0.25) is 23.2 Å². The summed E-state index contributed by atoms with van der Waals surface area (Å²) in [4.78, 5) is 22.8. The second-order valence-corrected chi connectivity index (χ2v) is 19.1. The predicted molar refractivity (Wildman–Crippen MR) is 187 cm³/mol. The van der Waals surface area contributed by atoms with Gasteiger partial charge in [0, 0.05) is 54.3 Å². The highest BCUT2D eigenvalue weighted by atomic mass is 35.5. The van der Waals surface area contributed by atoms with Crippen LogP contribution in [0.1, 0.15) is 63.1 Å². The lowest BCUT2D eigenvalue weighted by molar-refractivity contribution is 0.0853. The van der Waals surface area contributed by atoms with Gasteiger partial charge >= 0.3 is 7.41 Å². The van der Waals surface area contributed by atoms with E-state index in [1.165, 1.54) is 7.41 Å². The molecule has 5 rings (SSSR count). The Morgan fingerprint density at radius 2 is 2.00 bits per heavy atom. The number of ether oxygens (including phenoxy) is 2. The van der Waals surface area contributed by atoms with Gasteiger partial charge in [0.25, 0.3) is 0 Å². The topological polar surface area (TPSA) is 110 Å². The van der Waals surface area contributed by atoms with E-state index in [1.807, 2.05) is 29.1 Å². The number of methoxy groups -OCH3 is 1. The zero-order valence-electron chi connectivity index (χ0n) is 27.7. The van der Waals surface area contributed by atoms with Gasteiger partial charge in [0.1, 0.15) is 18.0 Å². The Balaban J connectivity index is 1.49. The van der Waals surface area contributed by atoms with Crippen molar-refractivity contribution in [1.82, 2.24) is 9.97 Å². The third-order valence-electron chi connectivity index (χ3n) is 9.66. The molecule has 0 spiro atoms. The van der Waals surface area contributed by atoms with Gasteiger partial charge in [-0.3, -0.25) is 0 Å². The zero-order valence-corrected chi connectivity index (χ0v) is 29.5. The third-order valence-corrected chi connectivity index (χ3v) is 14.5. The number of nitrogens with one attached hydrogen (secondary N) is 1. The van der Waals surface area contributed by atoms with Crippen LogP contribution in [0.25, 0.3) is 11.3 Å². The van der Waals surface area contributed by atoms with Crippen molar-refractivity contribution in [2.24, 2.45) is 0 Å². The molecule has 0 bridgehead atoms. The summed E-state index contributed by atoms with van der Waals surface area (Å²) in [7, 11) is 1.06. The molecule has 1 N–H and O–H groups in total. The number of rotatable bonds is 10. The van der Waals surface area contributed by atoms with Gasteiger partial charge in [-0.25, -0.2) is 9.97 Å². The number of nitriles is 1. The molecule has 3 heterocycles. The number of hydrogen-bond donors (Lipinski definition) is 1. The number of nitrogens with zero attached hydrogens (tertiary/aromatic N) is 4. The van der Waals surface area contributed by atoms with Crippen LogP contribution in [0.5, 0.6) is 5.75 Å². The van der Waals surface area contributed by atoms with Crippen molar-refractivity contribution in [1.29, 1.82) is 5.26 Å². The summed E-state index contributed by atoms with van der Waals surface area (Å²) in [6, 6.07) is 11.9. The lowest BCUT2D eigenvalue weighted by Crippen LogP contribution is -2.46. The van der Waals surface area contributed by atoms with Gasteiger partial charge in [0.2, 0.25) is 5.95 Å². The first-order chi connectivity index (χ1) is 21.8. The molecule has 1 fully saturated rings. The Bertz CT molecular complexity index is 1650. The molecule has 1 radical (unpaired) electrons. The molecular weight excluding hydrogens is 617 g/mol. The van der Waals surface area contributed by atoms with E-state index < -0.39 is 13.7 Å². The van der Waals surface area contributed by atoms with E-state index in [1.54, 1.807) is 13.3 Å². The van der Waals surface area contributed by atoms with Crippen molar-refractivity contribution in [3.8, 4) is 23.1 Å². The second kappa shape index (κ2) is 13.4. The molecule has 9 nitrogen and oxygen atoms in total. The Hall–Kier alpha value is -3.43. The van der Waals surface area contributed by atoms with Crippen molar-refractivity contribution in [2.45, 2.75) is 70.0 Å². The summed E-state index contributed by atoms with van der Waals surface area (Å²) in [5, 5.41) is 14.2. The number of aromatic nitrogens is 2. The number of anilines is 3. The minimum Gasteiger partial charge on any atom is -0.495 e. The normalized spacial score (nSPS) is 18.5. The van der Waals surface area contributed by atoms with Crippen LogP contribution in [0, 0.1) is 11.3 Å². The summed E-state index contributed by atoms with van der Waals surface area (Å²) >= 11 is 6.77. The fourth-order valence-corrected chi connectivity index (χ4v) is 7.35. The fourth-order valence-electron chi connectivity index (χ4n) is 5.91. The SMILES string of the molecule is COc1cc(C2CCOCC2)c(Cl)cc1Nc1nccc(-c2cc(C#N)c3c(c2)[C@@](C)(CO[Si](C)(C)C(C)(C)C)CN3[B]C=O)n1. The smallest absolute Gasteiger partial charge is 0.329 e. The molecule has 2 aromatic carbocycles. The van der Waals surface area contributed by atoms with Gasteiger partial charge in [-0.05, 0) is 78.4 Å². The predicted octanol–water partition coefficient (Wildman–Crippen LogP) is 7.22. The van der Waals surface area contributed by atoms with Crippen molar-refractivity contribution >= 4 is 50.8 Å². The van der Waals surface area contributed by atoms with E-state index in [2.05, 4.69) is 63.2 Å². The first kappa shape index (κ1) is 33.9. The Morgan fingerprint density at radius 3 is 2.65 bits per heavy atom. The van der Waals surface area contributed by atoms with Gasteiger partial charge in [0.05, 0.1) is 24.1 Å². The number of carbonyl (C=O) groups is 1. The van der Waals surface area contributed by atoms with E-state index in [4.69, 9.17) is 30.5 Å². The van der Waals surface area contributed by atoms with Crippen LogP contribution < -0.4 is 14.9 Å². The lowest BCUT2D eigenvalue weighted by Gasteiger charge is -2.39. The molecule has 3 aromatic rings. The largest absolute Gasteiger partial charge is 0.495 e.